The lowest BCUT2D eigenvalue weighted by Gasteiger charge is -2.09. The number of nitrogens with two attached hydrogens (primary N) is 1. The molecule has 100 valence electrons. The summed E-state index contributed by atoms with van der Waals surface area (Å²) in [6.45, 7) is 0.178. The number of anilines is 1. The third kappa shape index (κ3) is 3.52. The van der Waals surface area contributed by atoms with Crippen LogP contribution >= 0.6 is 15.9 Å². The fourth-order valence-electron chi connectivity index (χ4n) is 1.48. The first-order valence-corrected chi connectivity index (χ1v) is 7.70. The average Bonchev–Trinajstić information content (AvgIpc) is 2.40. The zero-order valence-corrected chi connectivity index (χ0v) is 12.3. The number of sulfonamides is 1. The molecule has 0 saturated carbocycles. The highest BCUT2D eigenvalue weighted by Gasteiger charge is 2.17. The maximum absolute atomic E-state index is 12.2. The number of nitrogens with zero attached hydrogens (tertiary/aromatic N) is 1. The molecule has 0 bridgehead atoms. The predicted molar refractivity (Wildman–Crippen MR) is 76.8 cm³/mol. The summed E-state index contributed by atoms with van der Waals surface area (Å²) in [5.74, 6) is 0. The van der Waals surface area contributed by atoms with Crippen LogP contribution in [0.4, 0.5) is 5.69 Å². The smallest absolute Gasteiger partial charge is 0.242 e. The Morgan fingerprint density at radius 3 is 2.79 bits per heavy atom. The Balaban J connectivity index is 2.21. The second kappa shape index (κ2) is 5.68. The number of halogens is 1. The van der Waals surface area contributed by atoms with E-state index in [2.05, 4.69) is 25.6 Å². The van der Waals surface area contributed by atoms with Crippen LogP contribution in [-0.4, -0.2) is 13.4 Å². The van der Waals surface area contributed by atoms with Gasteiger partial charge in [-0.15, -0.1) is 0 Å². The highest BCUT2D eigenvalue weighted by atomic mass is 79.9. The zero-order valence-electron chi connectivity index (χ0n) is 9.88. The Bertz CT molecular complexity index is 675. The van der Waals surface area contributed by atoms with E-state index in [-0.39, 0.29) is 11.4 Å². The van der Waals surface area contributed by atoms with Crippen LogP contribution in [0.1, 0.15) is 5.56 Å². The normalized spacial score (nSPS) is 11.4. The van der Waals surface area contributed by atoms with Crippen molar-refractivity contribution in [1.29, 1.82) is 0 Å². The van der Waals surface area contributed by atoms with Crippen LogP contribution in [0.5, 0.6) is 0 Å². The molecule has 2 aromatic rings. The van der Waals surface area contributed by atoms with Crippen LogP contribution in [-0.2, 0) is 16.6 Å². The largest absolute Gasteiger partial charge is 0.399 e. The van der Waals surface area contributed by atoms with Crippen molar-refractivity contribution >= 4 is 31.6 Å². The molecule has 5 nitrogen and oxygen atoms in total. The second-order valence-electron chi connectivity index (χ2n) is 3.88. The molecule has 0 fully saturated rings. The maximum atomic E-state index is 12.2. The van der Waals surface area contributed by atoms with Gasteiger partial charge in [0.25, 0.3) is 0 Å². The molecule has 0 aliphatic rings. The Labute approximate surface area is 120 Å². The summed E-state index contributed by atoms with van der Waals surface area (Å²) in [6, 6.07) is 8.19. The molecule has 1 aromatic heterocycles. The Morgan fingerprint density at radius 1 is 1.32 bits per heavy atom. The fourth-order valence-corrected chi connectivity index (χ4v) is 3.50. The average molecular weight is 342 g/mol. The maximum Gasteiger partial charge on any atom is 0.242 e. The lowest BCUT2D eigenvalue weighted by molar-refractivity contribution is 0.581. The molecule has 1 aromatic carbocycles. The van der Waals surface area contributed by atoms with E-state index in [1.165, 1.54) is 6.07 Å². The number of benzene rings is 1. The third-order valence-electron chi connectivity index (χ3n) is 2.43. The Hall–Kier alpha value is -1.44. The van der Waals surface area contributed by atoms with E-state index in [9.17, 15) is 8.42 Å². The molecule has 0 saturated heterocycles. The van der Waals surface area contributed by atoms with Gasteiger partial charge in [0.15, 0.2) is 0 Å². The van der Waals surface area contributed by atoms with E-state index in [0.29, 0.717) is 10.2 Å². The first-order chi connectivity index (χ1) is 8.99. The quantitative estimate of drug-likeness (QED) is 0.831. The number of nitrogens with one attached hydrogen (secondary N) is 1. The molecule has 19 heavy (non-hydrogen) atoms. The highest BCUT2D eigenvalue weighted by molar-refractivity contribution is 9.10. The van der Waals surface area contributed by atoms with Crippen LogP contribution < -0.4 is 10.5 Å². The molecule has 0 radical (unpaired) electrons. The van der Waals surface area contributed by atoms with Gasteiger partial charge in [-0.05, 0) is 45.8 Å². The van der Waals surface area contributed by atoms with Crippen molar-refractivity contribution in [2.75, 3.05) is 5.73 Å². The second-order valence-corrected chi connectivity index (χ2v) is 6.47. The topological polar surface area (TPSA) is 85.1 Å². The van der Waals surface area contributed by atoms with Crippen molar-refractivity contribution < 1.29 is 8.42 Å². The van der Waals surface area contributed by atoms with E-state index in [0.717, 1.165) is 5.56 Å². The van der Waals surface area contributed by atoms with Gasteiger partial charge in [0, 0.05) is 29.1 Å². The third-order valence-corrected chi connectivity index (χ3v) is 4.83. The summed E-state index contributed by atoms with van der Waals surface area (Å²) >= 11 is 3.21. The van der Waals surface area contributed by atoms with E-state index in [4.69, 9.17) is 5.73 Å². The van der Waals surface area contributed by atoms with Gasteiger partial charge in [-0.25, -0.2) is 13.1 Å². The zero-order chi connectivity index (χ0) is 13.9. The van der Waals surface area contributed by atoms with Crippen molar-refractivity contribution in [2.45, 2.75) is 11.4 Å². The molecule has 7 heteroatoms. The minimum absolute atomic E-state index is 0.122. The predicted octanol–water partition coefficient (Wildman–Crippen LogP) is 1.90. The summed E-state index contributed by atoms with van der Waals surface area (Å²) in [7, 11) is -3.62. The number of rotatable bonds is 4. The van der Waals surface area contributed by atoms with Gasteiger partial charge in [0.1, 0.15) is 0 Å². The molecule has 1 heterocycles. The SMILES string of the molecule is Nc1ccc(Br)c(S(=O)(=O)NCc2cccnc2)c1. The Kier molecular flexibility index (Phi) is 4.18. The molecule has 0 spiro atoms. The number of hydrogen-bond acceptors (Lipinski definition) is 4. The molecular formula is C12H12BrN3O2S. The number of nitrogen functional groups attached to an aromatic ring is 1. The van der Waals surface area contributed by atoms with E-state index < -0.39 is 10.0 Å². The molecular weight excluding hydrogens is 330 g/mol. The van der Waals surface area contributed by atoms with Gasteiger partial charge in [-0.3, -0.25) is 4.98 Å². The van der Waals surface area contributed by atoms with Crippen LogP contribution in [0.15, 0.2) is 52.1 Å². The number of hydrogen-bond donors (Lipinski definition) is 2. The van der Waals surface area contributed by atoms with E-state index in [1.807, 2.05) is 0 Å². The number of aromatic nitrogens is 1. The van der Waals surface area contributed by atoms with Crippen molar-refractivity contribution in [3.05, 3.63) is 52.8 Å². The summed E-state index contributed by atoms with van der Waals surface area (Å²) in [6.07, 6.45) is 3.24. The first-order valence-electron chi connectivity index (χ1n) is 5.42. The van der Waals surface area contributed by atoms with E-state index in [1.54, 1.807) is 36.7 Å². The van der Waals surface area contributed by atoms with Gasteiger partial charge in [-0.2, -0.15) is 0 Å². The van der Waals surface area contributed by atoms with Crippen molar-refractivity contribution in [3.63, 3.8) is 0 Å². The van der Waals surface area contributed by atoms with Crippen molar-refractivity contribution in [2.24, 2.45) is 0 Å². The molecule has 2 rings (SSSR count). The van der Waals surface area contributed by atoms with Crippen LogP contribution in [0, 0.1) is 0 Å². The lowest BCUT2D eigenvalue weighted by atomic mass is 10.3. The summed E-state index contributed by atoms with van der Waals surface area (Å²) < 4.78 is 27.3. The molecule has 0 aliphatic heterocycles. The minimum Gasteiger partial charge on any atom is -0.399 e. The van der Waals surface area contributed by atoms with Crippen molar-refractivity contribution in [3.8, 4) is 0 Å². The Morgan fingerprint density at radius 2 is 2.11 bits per heavy atom. The molecule has 0 atom stereocenters. The molecule has 0 unspecified atom stereocenters. The van der Waals surface area contributed by atoms with Gasteiger partial charge in [0.2, 0.25) is 10.0 Å². The van der Waals surface area contributed by atoms with E-state index >= 15 is 0 Å². The standard InChI is InChI=1S/C12H12BrN3O2S/c13-11-4-3-10(14)6-12(11)19(17,18)16-8-9-2-1-5-15-7-9/h1-7,16H,8,14H2. The number of pyridine rings is 1. The fraction of sp³-hybridized carbons (Fsp3) is 0.0833. The van der Waals surface area contributed by atoms with Gasteiger partial charge in [-0.1, -0.05) is 6.07 Å². The van der Waals surface area contributed by atoms with Gasteiger partial charge in [0.05, 0.1) is 4.90 Å². The summed E-state index contributed by atoms with van der Waals surface area (Å²) in [5.41, 5.74) is 6.79. The van der Waals surface area contributed by atoms with Crippen molar-refractivity contribution in [1.82, 2.24) is 9.71 Å². The summed E-state index contributed by atoms with van der Waals surface area (Å²) in [5, 5.41) is 0. The lowest BCUT2D eigenvalue weighted by Crippen LogP contribution is -2.23. The summed E-state index contributed by atoms with van der Waals surface area (Å²) in [4.78, 5) is 4.05. The van der Waals surface area contributed by atoms with Gasteiger partial charge >= 0.3 is 0 Å². The van der Waals surface area contributed by atoms with Gasteiger partial charge < -0.3 is 5.73 Å². The molecule has 3 N–H and O–H groups in total. The van der Waals surface area contributed by atoms with Crippen LogP contribution in [0.3, 0.4) is 0 Å². The van der Waals surface area contributed by atoms with Crippen LogP contribution in [0.25, 0.3) is 0 Å². The first kappa shape index (κ1) is 14.0. The highest BCUT2D eigenvalue weighted by Crippen LogP contribution is 2.24. The molecule has 0 aliphatic carbocycles. The molecule has 0 amide bonds. The minimum atomic E-state index is -3.62. The van der Waals surface area contributed by atoms with Crippen LogP contribution in [0.2, 0.25) is 0 Å². The monoisotopic (exact) mass is 341 g/mol.